The zero-order valence-corrected chi connectivity index (χ0v) is 14.6. The Balaban J connectivity index is 1.82. The van der Waals surface area contributed by atoms with Crippen molar-refractivity contribution in [2.45, 2.75) is 44.6 Å². The Morgan fingerprint density at radius 2 is 2.21 bits per heavy atom. The molecule has 130 valence electrons. The van der Waals surface area contributed by atoms with Crippen molar-refractivity contribution in [2.75, 3.05) is 20.8 Å². The monoisotopic (exact) mass is 331 g/mol. The smallest absolute Gasteiger partial charge is 0.173 e. The van der Waals surface area contributed by atoms with Gasteiger partial charge in [0.25, 0.3) is 0 Å². The molecule has 2 aliphatic carbocycles. The van der Waals surface area contributed by atoms with Crippen molar-refractivity contribution < 1.29 is 19.1 Å². The number of carbonyl (C=O) groups excluding carboxylic acids is 1. The van der Waals surface area contributed by atoms with Crippen LogP contribution in [0.2, 0.25) is 0 Å². The second-order valence-electron chi connectivity index (χ2n) is 7.72. The van der Waals surface area contributed by atoms with Gasteiger partial charge in [-0.05, 0) is 42.2 Å². The molecule has 0 radical (unpaired) electrons. The van der Waals surface area contributed by atoms with Crippen molar-refractivity contribution in [3.63, 3.8) is 0 Å². The Bertz CT molecular complexity index is 674. The molecule has 1 aliphatic heterocycles. The summed E-state index contributed by atoms with van der Waals surface area (Å²) in [5.41, 5.74) is 5.65. The van der Waals surface area contributed by atoms with Gasteiger partial charge in [0.05, 0.1) is 14.2 Å². The molecule has 0 aromatic heterocycles. The normalized spacial score (nSPS) is 33.6. The lowest BCUT2D eigenvalue weighted by Crippen LogP contribution is -2.40. The van der Waals surface area contributed by atoms with E-state index in [1.54, 1.807) is 14.2 Å². The van der Waals surface area contributed by atoms with E-state index < -0.39 is 0 Å². The summed E-state index contributed by atoms with van der Waals surface area (Å²) in [6.07, 6.45) is 3.25. The van der Waals surface area contributed by atoms with E-state index in [0.29, 0.717) is 12.3 Å². The summed E-state index contributed by atoms with van der Waals surface area (Å²) in [6.45, 7) is 3.11. The molecular weight excluding hydrogens is 306 g/mol. The van der Waals surface area contributed by atoms with E-state index in [9.17, 15) is 4.79 Å². The lowest BCUT2D eigenvalue weighted by atomic mass is 9.69. The van der Waals surface area contributed by atoms with Gasteiger partial charge in [-0.15, -0.1) is 0 Å². The van der Waals surface area contributed by atoms with E-state index >= 15 is 0 Å². The second-order valence-corrected chi connectivity index (χ2v) is 7.72. The topological polar surface area (TPSA) is 56.8 Å². The molecule has 1 fully saturated rings. The summed E-state index contributed by atoms with van der Waals surface area (Å²) >= 11 is 0. The third-order valence-corrected chi connectivity index (χ3v) is 5.98. The molecule has 0 amide bonds. The Kier molecular flexibility index (Phi) is 3.81. The van der Waals surface area contributed by atoms with Crippen molar-refractivity contribution >= 4 is 5.78 Å². The summed E-state index contributed by atoms with van der Waals surface area (Å²) in [4.78, 5) is 17.6. The molecule has 4 unspecified atom stereocenters. The molecule has 5 heteroatoms. The summed E-state index contributed by atoms with van der Waals surface area (Å²) in [6, 6.07) is 4.12. The summed E-state index contributed by atoms with van der Waals surface area (Å²) < 4.78 is 11.6. The van der Waals surface area contributed by atoms with Crippen molar-refractivity contribution in [1.82, 2.24) is 5.48 Å². The van der Waals surface area contributed by atoms with Gasteiger partial charge in [0.15, 0.2) is 23.4 Å². The van der Waals surface area contributed by atoms with Gasteiger partial charge in [0.2, 0.25) is 0 Å². The second kappa shape index (κ2) is 5.74. The van der Waals surface area contributed by atoms with Crippen LogP contribution in [0, 0.1) is 11.3 Å². The number of benzene rings is 1. The van der Waals surface area contributed by atoms with E-state index in [0.717, 1.165) is 37.3 Å². The number of rotatable bonds is 4. The van der Waals surface area contributed by atoms with Crippen LogP contribution in [0.25, 0.3) is 0 Å². The van der Waals surface area contributed by atoms with Gasteiger partial charge in [-0.1, -0.05) is 13.0 Å². The maximum atomic E-state index is 12.5. The number of methoxy groups -OCH3 is 1. The van der Waals surface area contributed by atoms with E-state index in [1.165, 1.54) is 11.1 Å². The van der Waals surface area contributed by atoms with Crippen molar-refractivity contribution in [3.8, 4) is 11.5 Å². The summed E-state index contributed by atoms with van der Waals surface area (Å²) in [5, 5.41) is 0. The average Bonchev–Trinajstić information content (AvgIpc) is 2.92. The van der Waals surface area contributed by atoms with E-state index in [1.807, 2.05) is 6.07 Å². The molecule has 24 heavy (non-hydrogen) atoms. The largest absolute Gasteiger partial charge is 0.493 e. The van der Waals surface area contributed by atoms with Crippen LogP contribution in [0.1, 0.15) is 43.2 Å². The first-order valence-corrected chi connectivity index (χ1v) is 8.71. The molecule has 1 aromatic rings. The molecule has 0 bridgehead atoms. The minimum absolute atomic E-state index is 0.0955. The summed E-state index contributed by atoms with van der Waals surface area (Å²) in [7, 11) is 3.32. The van der Waals surface area contributed by atoms with Gasteiger partial charge in [-0.2, -0.15) is 0 Å². The highest BCUT2D eigenvalue weighted by molar-refractivity contribution is 5.87. The number of hydrogen-bond acceptors (Lipinski definition) is 5. The first-order valence-electron chi connectivity index (χ1n) is 8.71. The zero-order chi connectivity index (χ0) is 16.9. The van der Waals surface area contributed by atoms with Gasteiger partial charge >= 0.3 is 0 Å². The highest BCUT2D eigenvalue weighted by Crippen LogP contribution is 2.57. The fourth-order valence-electron chi connectivity index (χ4n) is 4.95. The number of hydrogen-bond donors (Lipinski definition) is 1. The fraction of sp³-hybridized carbons (Fsp3) is 0.632. The maximum Gasteiger partial charge on any atom is 0.173 e. The van der Waals surface area contributed by atoms with Crippen molar-refractivity contribution in [1.29, 1.82) is 0 Å². The number of nitrogens with one attached hydrogen (secondary N) is 1. The predicted molar refractivity (Wildman–Crippen MR) is 89.3 cm³/mol. The maximum absolute atomic E-state index is 12.5. The SMILES string of the molecule is CONCC1(C)Cc2ccc(OC)c3c2C2C(CCC(=O)C2O3)C1. The highest BCUT2D eigenvalue weighted by Gasteiger charge is 2.52. The third-order valence-electron chi connectivity index (χ3n) is 5.98. The fourth-order valence-corrected chi connectivity index (χ4v) is 4.95. The molecular formula is C19H25NO4. The first-order chi connectivity index (χ1) is 11.6. The van der Waals surface area contributed by atoms with Crippen LogP contribution in [0.15, 0.2) is 12.1 Å². The number of hydroxylamine groups is 1. The van der Waals surface area contributed by atoms with Gasteiger partial charge in [0.1, 0.15) is 0 Å². The molecule has 1 saturated carbocycles. The Morgan fingerprint density at radius 3 is 2.96 bits per heavy atom. The molecule has 3 aliphatic rings. The molecule has 4 atom stereocenters. The molecule has 1 heterocycles. The van der Waals surface area contributed by atoms with Crippen LogP contribution in [0.5, 0.6) is 11.5 Å². The average molecular weight is 331 g/mol. The van der Waals surface area contributed by atoms with Crippen molar-refractivity contribution in [2.24, 2.45) is 11.3 Å². The first kappa shape index (κ1) is 15.9. The third kappa shape index (κ3) is 2.33. The van der Waals surface area contributed by atoms with Crippen LogP contribution in [-0.4, -0.2) is 32.7 Å². The number of ether oxygens (including phenoxy) is 2. The highest BCUT2D eigenvalue weighted by atomic mass is 16.6. The molecule has 0 spiro atoms. The van der Waals surface area contributed by atoms with E-state index in [4.69, 9.17) is 14.3 Å². The molecule has 5 nitrogen and oxygen atoms in total. The number of carbonyl (C=O) groups is 1. The van der Waals surface area contributed by atoms with Crippen molar-refractivity contribution in [3.05, 3.63) is 23.3 Å². The molecule has 4 rings (SSSR count). The van der Waals surface area contributed by atoms with Gasteiger partial charge in [0, 0.05) is 24.4 Å². The van der Waals surface area contributed by atoms with Crippen LogP contribution in [0.3, 0.4) is 0 Å². The molecule has 0 saturated heterocycles. The predicted octanol–water partition coefficient (Wildman–Crippen LogP) is 2.62. The number of Topliss-reactive ketones (excluding diaryl/α,β-unsaturated/α-hetero) is 1. The Morgan fingerprint density at radius 1 is 1.38 bits per heavy atom. The summed E-state index contributed by atoms with van der Waals surface area (Å²) in [5.74, 6) is 2.42. The minimum Gasteiger partial charge on any atom is -0.493 e. The van der Waals surface area contributed by atoms with Crippen LogP contribution in [0.4, 0.5) is 0 Å². The standard InChI is InChI=1S/C19H25NO4/c1-19(10-20-23-3)8-11-4-6-13(21)17-15(11)16-12(9-19)5-7-14(22-2)18(16)24-17/h5,7,11,15,17,20H,4,6,8-10H2,1-3H3. The Labute approximate surface area is 142 Å². The van der Waals surface area contributed by atoms with E-state index in [-0.39, 0.29) is 23.2 Å². The van der Waals surface area contributed by atoms with Crippen LogP contribution < -0.4 is 15.0 Å². The lowest BCUT2D eigenvalue weighted by molar-refractivity contribution is -0.129. The molecule has 1 N–H and O–H groups in total. The van der Waals surface area contributed by atoms with E-state index in [2.05, 4.69) is 18.5 Å². The lowest BCUT2D eigenvalue weighted by Gasteiger charge is -2.36. The Hall–Kier alpha value is -1.59. The van der Waals surface area contributed by atoms with Gasteiger partial charge < -0.3 is 14.3 Å². The van der Waals surface area contributed by atoms with Crippen LogP contribution >= 0.6 is 0 Å². The van der Waals surface area contributed by atoms with Crippen LogP contribution in [-0.2, 0) is 16.1 Å². The zero-order valence-electron chi connectivity index (χ0n) is 14.6. The van der Waals surface area contributed by atoms with Gasteiger partial charge in [-0.25, -0.2) is 5.48 Å². The number of ketones is 1. The quantitative estimate of drug-likeness (QED) is 0.860. The van der Waals surface area contributed by atoms with Gasteiger partial charge in [-0.3, -0.25) is 4.79 Å². The molecule has 1 aromatic carbocycles. The minimum atomic E-state index is -0.327.